The fourth-order valence-electron chi connectivity index (χ4n) is 8.99. The van der Waals surface area contributed by atoms with Crippen LogP contribution in [0.3, 0.4) is 0 Å². The first kappa shape index (κ1) is 51.8. The number of anilines is 1. The van der Waals surface area contributed by atoms with E-state index in [2.05, 4.69) is 22.0 Å². The molecule has 3 N–H and O–H groups in total. The number of likely N-dealkylation sites (tertiary alicyclic amines) is 1. The number of ether oxygens (including phenoxy) is 3. The van der Waals surface area contributed by atoms with Gasteiger partial charge in [-0.2, -0.15) is 0 Å². The minimum absolute atomic E-state index is 0.00813. The molecular weight excluding hydrogens is 789 g/mol. The van der Waals surface area contributed by atoms with Crippen molar-refractivity contribution in [3.8, 4) is 0 Å². The Morgan fingerprint density at radius 3 is 2.06 bits per heavy atom. The zero-order valence-electron chi connectivity index (χ0n) is 39.6. The summed E-state index contributed by atoms with van der Waals surface area (Å²) in [6, 6.07) is 14.3. The van der Waals surface area contributed by atoms with Crippen LogP contribution in [0.4, 0.5) is 5.69 Å². The summed E-state index contributed by atoms with van der Waals surface area (Å²) in [5.74, 6) is -2.61. The van der Waals surface area contributed by atoms with Gasteiger partial charge < -0.3 is 40.0 Å². The van der Waals surface area contributed by atoms with Crippen molar-refractivity contribution in [3.63, 3.8) is 0 Å². The smallest absolute Gasteiger partial charge is 0.328 e. The van der Waals surface area contributed by atoms with E-state index in [-0.39, 0.29) is 54.2 Å². The molecule has 1 fully saturated rings. The Morgan fingerprint density at radius 1 is 0.839 bits per heavy atom. The van der Waals surface area contributed by atoms with E-state index in [9.17, 15) is 24.0 Å². The second-order valence-corrected chi connectivity index (χ2v) is 17.6. The quantitative estimate of drug-likeness (QED) is 0.121. The van der Waals surface area contributed by atoms with Crippen molar-refractivity contribution in [2.24, 2.45) is 23.7 Å². The number of benzene rings is 2. The Bertz CT molecular complexity index is 1740. The van der Waals surface area contributed by atoms with E-state index in [0.29, 0.717) is 25.9 Å². The number of methoxy groups -OCH3 is 3. The molecule has 1 aliphatic heterocycles. The van der Waals surface area contributed by atoms with Crippen LogP contribution >= 0.6 is 0 Å². The summed E-state index contributed by atoms with van der Waals surface area (Å²) in [6.45, 7) is 14.7. The zero-order valence-corrected chi connectivity index (χ0v) is 39.6. The van der Waals surface area contributed by atoms with Crippen LogP contribution in [0.2, 0.25) is 0 Å². The minimum Gasteiger partial charge on any atom is -0.467 e. The molecule has 0 saturated carbocycles. The third-order valence-corrected chi connectivity index (χ3v) is 12.6. The summed E-state index contributed by atoms with van der Waals surface area (Å²) >= 11 is 0. The highest BCUT2D eigenvalue weighted by atomic mass is 16.5. The number of carbonyl (C=O) groups is 5. The Labute approximate surface area is 371 Å². The first-order chi connectivity index (χ1) is 29.4. The van der Waals surface area contributed by atoms with Crippen LogP contribution in [-0.2, 0) is 51.1 Å². The van der Waals surface area contributed by atoms with Crippen LogP contribution in [0.5, 0.6) is 0 Å². The van der Waals surface area contributed by atoms with E-state index in [1.807, 2.05) is 109 Å². The van der Waals surface area contributed by atoms with Gasteiger partial charge in [-0.05, 0) is 60.9 Å². The van der Waals surface area contributed by atoms with Crippen LogP contribution in [0.25, 0.3) is 0 Å². The molecule has 4 amide bonds. The number of hydrogen-bond donors (Lipinski definition) is 3. The number of nitrogens with zero attached hydrogens (tertiary/aromatic N) is 3. The summed E-state index contributed by atoms with van der Waals surface area (Å²) in [7, 11) is 9.91. The van der Waals surface area contributed by atoms with Crippen molar-refractivity contribution in [2.75, 3.05) is 54.3 Å². The standard InChI is InChI=1S/C48H76N6O8/c1-14-32(6)43(53(10)47(58)41(30(2)3)51-46(57)42(31(4)5)52(9)29-35-22-18-23-36(26-35)49-8)39(60-11)28-40(55)54-25-19-24-38(54)44(61-12)33(7)45(56)50-37(48(59)62-13)27-34-20-16-15-17-21-34/h15-18,20-23,26,30-33,37-39,41-44,49H,14,19,24-25,27-29H2,1-13H3,(H,50,56)(H,51,57). The minimum atomic E-state index is -0.899. The van der Waals surface area contributed by atoms with Gasteiger partial charge in [0.2, 0.25) is 23.6 Å². The van der Waals surface area contributed by atoms with Gasteiger partial charge in [0.1, 0.15) is 12.1 Å². The molecule has 9 atom stereocenters. The van der Waals surface area contributed by atoms with E-state index in [4.69, 9.17) is 14.2 Å². The molecule has 62 heavy (non-hydrogen) atoms. The average Bonchev–Trinajstić information content (AvgIpc) is 3.74. The number of esters is 1. The number of carbonyl (C=O) groups excluding carboxylic acids is 5. The van der Waals surface area contributed by atoms with Crippen molar-refractivity contribution < 1.29 is 38.2 Å². The molecule has 0 aromatic heterocycles. The molecule has 0 radical (unpaired) electrons. The predicted molar refractivity (Wildman–Crippen MR) is 243 cm³/mol. The van der Waals surface area contributed by atoms with Crippen molar-refractivity contribution in [1.82, 2.24) is 25.3 Å². The molecular formula is C48H76N6O8. The van der Waals surface area contributed by atoms with Crippen molar-refractivity contribution in [1.29, 1.82) is 0 Å². The molecule has 9 unspecified atom stereocenters. The number of likely N-dealkylation sites (N-methyl/N-ethyl adjacent to an activating group) is 2. The second-order valence-electron chi connectivity index (χ2n) is 17.6. The molecule has 0 aliphatic carbocycles. The highest BCUT2D eigenvalue weighted by Gasteiger charge is 2.43. The molecule has 346 valence electrons. The molecule has 3 rings (SSSR count). The maximum atomic E-state index is 14.6. The fraction of sp³-hybridized carbons (Fsp3) is 0.646. The van der Waals surface area contributed by atoms with Gasteiger partial charge in [0.05, 0.1) is 49.8 Å². The number of hydrogen-bond acceptors (Lipinski definition) is 10. The third kappa shape index (κ3) is 13.7. The lowest BCUT2D eigenvalue weighted by molar-refractivity contribution is -0.149. The first-order valence-electron chi connectivity index (χ1n) is 22.2. The second kappa shape index (κ2) is 24.9. The van der Waals surface area contributed by atoms with Crippen molar-refractivity contribution in [3.05, 3.63) is 65.7 Å². The normalized spacial score (nSPS) is 18.0. The predicted octanol–water partition coefficient (Wildman–Crippen LogP) is 5.15. The Hall–Kier alpha value is -4.53. The molecule has 1 aliphatic rings. The van der Waals surface area contributed by atoms with Crippen LogP contribution in [0.15, 0.2) is 54.6 Å². The highest BCUT2D eigenvalue weighted by molar-refractivity contribution is 5.90. The van der Waals surface area contributed by atoms with E-state index in [1.165, 1.54) is 14.2 Å². The van der Waals surface area contributed by atoms with Gasteiger partial charge in [0, 0.05) is 53.5 Å². The zero-order chi connectivity index (χ0) is 46.3. The SMILES string of the molecule is CCC(C)C(C(CC(=O)N1CCCC1C(OC)C(C)C(=O)NC(Cc1ccccc1)C(=O)OC)OC)N(C)C(=O)C(NC(=O)C(C(C)C)N(C)Cc1cccc(NC)c1)C(C)C. The Balaban J connectivity index is 1.79. The van der Waals surface area contributed by atoms with Crippen LogP contribution in [-0.4, -0.2) is 136 Å². The van der Waals surface area contributed by atoms with Gasteiger partial charge in [-0.1, -0.05) is 97.4 Å². The third-order valence-electron chi connectivity index (χ3n) is 12.6. The van der Waals surface area contributed by atoms with Gasteiger partial charge in [-0.25, -0.2) is 4.79 Å². The monoisotopic (exact) mass is 865 g/mol. The van der Waals surface area contributed by atoms with E-state index in [0.717, 1.165) is 23.2 Å². The lowest BCUT2D eigenvalue weighted by Gasteiger charge is -2.41. The van der Waals surface area contributed by atoms with E-state index in [1.54, 1.807) is 30.9 Å². The van der Waals surface area contributed by atoms with Gasteiger partial charge in [0.15, 0.2) is 0 Å². The Kier molecular flexibility index (Phi) is 20.8. The average molecular weight is 865 g/mol. The van der Waals surface area contributed by atoms with Gasteiger partial charge in [-0.3, -0.25) is 24.1 Å². The molecule has 14 heteroatoms. The lowest BCUT2D eigenvalue weighted by atomic mass is 9.89. The fourth-order valence-corrected chi connectivity index (χ4v) is 8.99. The van der Waals surface area contributed by atoms with E-state index >= 15 is 0 Å². The molecule has 0 bridgehead atoms. The largest absolute Gasteiger partial charge is 0.467 e. The maximum absolute atomic E-state index is 14.6. The first-order valence-corrected chi connectivity index (χ1v) is 22.2. The molecule has 2 aromatic rings. The van der Waals surface area contributed by atoms with Crippen LogP contribution < -0.4 is 16.0 Å². The van der Waals surface area contributed by atoms with Crippen LogP contribution in [0.1, 0.15) is 85.3 Å². The summed E-state index contributed by atoms with van der Waals surface area (Å²) < 4.78 is 17.1. The number of amides is 4. The molecule has 14 nitrogen and oxygen atoms in total. The van der Waals surface area contributed by atoms with Gasteiger partial charge in [-0.15, -0.1) is 0 Å². The number of nitrogens with one attached hydrogen (secondary N) is 3. The van der Waals surface area contributed by atoms with Crippen molar-refractivity contribution in [2.45, 2.75) is 130 Å². The van der Waals surface area contributed by atoms with Crippen LogP contribution in [0, 0.1) is 23.7 Å². The highest BCUT2D eigenvalue weighted by Crippen LogP contribution is 2.30. The molecule has 2 aromatic carbocycles. The molecule has 0 spiro atoms. The maximum Gasteiger partial charge on any atom is 0.328 e. The molecule has 1 saturated heterocycles. The lowest BCUT2D eigenvalue weighted by Crippen LogP contribution is -2.60. The summed E-state index contributed by atoms with van der Waals surface area (Å²) in [6.07, 6.45) is 0.990. The number of rotatable bonds is 24. The summed E-state index contributed by atoms with van der Waals surface area (Å²) in [5, 5.41) is 9.16. The van der Waals surface area contributed by atoms with Crippen molar-refractivity contribution >= 4 is 35.3 Å². The molecule has 1 heterocycles. The van der Waals surface area contributed by atoms with E-state index < -0.39 is 54.3 Å². The summed E-state index contributed by atoms with van der Waals surface area (Å²) in [4.78, 5) is 75.0. The van der Waals surface area contributed by atoms with Gasteiger partial charge in [0.25, 0.3) is 0 Å². The Morgan fingerprint density at radius 2 is 1.50 bits per heavy atom. The van der Waals surface area contributed by atoms with Gasteiger partial charge >= 0.3 is 5.97 Å². The summed E-state index contributed by atoms with van der Waals surface area (Å²) in [5.41, 5.74) is 2.92. The topological polar surface area (TPSA) is 159 Å².